The zero-order valence-corrected chi connectivity index (χ0v) is 12.3. The van der Waals surface area contributed by atoms with Crippen LogP contribution < -0.4 is 10.6 Å². The first-order valence-corrected chi connectivity index (χ1v) is 7.94. The zero-order chi connectivity index (χ0) is 14.1. The molecular formula is C15H18FN3S. The van der Waals surface area contributed by atoms with E-state index in [1.54, 1.807) is 6.20 Å². The third-order valence-electron chi connectivity index (χ3n) is 3.76. The highest BCUT2D eigenvalue weighted by Gasteiger charge is 2.24. The molecule has 1 aliphatic heterocycles. The molecule has 0 aliphatic carbocycles. The Morgan fingerprint density at radius 2 is 2.40 bits per heavy atom. The summed E-state index contributed by atoms with van der Waals surface area (Å²) < 4.78 is 14.4. The first kappa shape index (κ1) is 13.5. The van der Waals surface area contributed by atoms with Crippen LogP contribution in [0.2, 0.25) is 0 Å². The lowest BCUT2D eigenvalue weighted by Crippen LogP contribution is -2.38. The maximum absolute atomic E-state index is 14.4. The molecule has 0 bridgehead atoms. The molecule has 2 N–H and O–H groups in total. The molecule has 0 radical (unpaired) electrons. The highest BCUT2D eigenvalue weighted by Crippen LogP contribution is 2.35. The van der Waals surface area contributed by atoms with Gasteiger partial charge in [-0.3, -0.25) is 4.98 Å². The second kappa shape index (κ2) is 5.48. The van der Waals surface area contributed by atoms with Gasteiger partial charge in [0.2, 0.25) is 0 Å². The number of benzene rings is 1. The van der Waals surface area contributed by atoms with Crippen LogP contribution >= 0.6 is 11.8 Å². The maximum Gasteiger partial charge on any atom is 0.150 e. The average molecular weight is 291 g/mol. The van der Waals surface area contributed by atoms with Crippen molar-refractivity contribution in [3.8, 4) is 0 Å². The molecule has 1 aromatic heterocycles. The summed E-state index contributed by atoms with van der Waals surface area (Å²) in [5, 5.41) is 1.38. The molecule has 0 saturated carbocycles. The van der Waals surface area contributed by atoms with Gasteiger partial charge in [0.25, 0.3) is 0 Å². The Balaban J connectivity index is 2.11. The van der Waals surface area contributed by atoms with Crippen LogP contribution in [0.1, 0.15) is 13.3 Å². The third-order valence-corrected chi connectivity index (χ3v) is 5.13. The molecule has 20 heavy (non-hydrogen) atoms. The molecule has 2 aromatic rings. The van der Waals surface area contributed by atoms with Gasteiger partial charge in [-0.15, -0.1) is 0 Å². The molecule has 5 heteroatoms. The molecule has 0 spiro atoms. The van der Waals surface area contributed by atoms with Crippen molar-refractivity contribution in [2.75, 3.05) is 29.5 Å². The monoisotopic (exact) mass is 291 g/mol. The summed E-state index contributed by atoms with van der Waals surface area (Å²) >= 11 is 1.97. The summed E-state index contributed by atoms with van der Waals surface area (Å²) in [6.45, 7) is 3.90. The average Bonchev–Trinajstić information content (AvgIpc) is 2.47. The van der Waals surface area contributed by atoms with Gasteiger partial charge in [0.1, 0.15) is 0 Å². The maximum atomic E-state index is 14.4. The van der Waals surface area contributed by atoms with Crippen LogP contribution in [0.5, 0.6) is 0 Å². The summed E-state index contributed by atoms with van der Waals surface area (Å²) in [6.07, 6.45) is 2.80. The lowest BCUT2D eigenvalue weighted by atomic mass is 10.1. The number of nitrogen functional groups attached to an aromatic ring is 1. The van der Waals surface area contributed by atoms with Crippen LogP contribution in [0.15, 0.2) is 24.4 Å². The number of nitrogens with zero attached hydrogens (tertiary/aromatic N) is 2. The van der Waals surface area contributed by atoms with Gasteiger partial charge in [0.05, 0.1) is 11.2 Å². The van der Waals surface area contributed by atoms with Crippen molar-refractivity contribution in [3.63, 3.8) is 0 Å². The molecular weight excluding hydrogens is 273 g/mol. The molecule has 106 valence electrons. The fourth-order valence-corrected chi connectivity index (χ4v) is 3.87. The van der Waals surface area contributed by atoms with Gasteiger partial charge in [0, 0.05) is 41.4 Å². The van der Waals surface area contributed by atoms with Crippen LogP contribution in [0, 0.1) is 5.82 Å². The molecule has 3 rings (SSSR count). The number of anilines is 2. The Bertz CT molecular complexity index is 632. The van der Waals surface area contributed by atoms with Gasteiger partial charge in [-0.2, -0.15) is 11.8 Å². The van der Waals surface area contributed by atoms with E-state index in [1.807, 2.05) is 23.9 Å². The van der Waals surface area contributed by atoms with E-state index in [9.17, 15) is 4.39 Å². The van der Waals surface area contributed by atoms with Crippen molar-refractivity contribution in [3.05, 3.63) is 30.2 Å². The van der Waals surface area contributed by atoms with Gasteiger partial charge in [0.15, 0.2) is 5.82 Å². The first-order chi connectivity index (χ1) is 9.70. The SMILES string of the molecule is CCC1CN(c2c(F)cc(N)c3cccnc23)CCS1. The van der Waals surface area contributed by atoms with Crippen molar-refractivity contribution in [1.29, 1.82) is 0 Å². The van der Waals surface area contributed by atoms with Crippen molar-refractivity contribution < 1.29 is 4.39 Å². The predicted molar refractivity (Wildman–Crippen MR) is 84.9 cm³/mol. The zero-order valence-electron chi connectivity index (χ0n) is 11.5. The molecule has 0 amide bonds. The highest BCUT2D eigenvalue weighted by atomic mass is 32.2. The summed E-state index contributed by atoms with van der Waals surface area (Å²) in [6, 6.07) is 5.15. The fourth-order valence-electron chi connectivity index (χ4n) is 2.69. The smallest absolute Gasteiger partial charge is 0.150 e. The van der Waals surface area contributed by atoms with E-state index in [-0.39, 0.29) is 5.82 Å². The van der Waals surface area contributed by atoms with E-state index in [4.69, 9.17) is 5.73 Å². The van der Waals surface area contributed by atoms with Gasteiger partial charge >= 0.3 is 0 Å². The molecule has 1 fully saturated rings. The molecule has 1 aromatic carbocycles. The largest absolute Gasteiger partial charge is 0.398 e. The number of halogens is 1. The molecule has 1 saturated heterocycles. The molecule has 1 atom stereocenters. The van der Waals surface area contributed by atoms with Crippen molar-refractivity contribution in [1.82, 2.24) is 4.98 Å². The number of thioether (sulfide) groups is 1. The minimum Gasteiger partial charge on any atom is -0.398 e. The summed E-state index contributed by atoms with van der Waals surface area (Å²) in [5.74, 6) is 0.756. The predicted octanol–water partition coefficient (Wildman–Crippen LogP) is 3.29. The molecule has 1 aliphatic rings. The Labute approximate surface area is 122 Å². The summed E-state index contributed by atoms with van der Waals surface area (Å²) in [5.41, 5.74) is 7.64. The number of hydrogen-bond donors (Lipinski definition) is 1. The second-order valence-electron chi connectivity index (χ2n) is 5.04. The Kier molecular flexibility index (Phi) is 3.70. The van der Waals surface area contributed by atoms with Crippen LogP contribution in [-0.4, -0.2) is 29.1 Å². The van der Waals surface area contributed by atoms with Crippen LogP contribution in [0.3, 0.4) is 0 Å². The molecule has 1 unspecified atom stereocenters. The number of pyridine rings is 1. The number of rotatable bonds is 2. The first-order valence-electron chi connectivity index (χ1n) is 6.90. The standard InChI is InChI=1S/C15H18FN3S/c1-2-10-9-19(6-7-20-10)15-12(16)8-13(17)11-4-3-5-18-14(11)15/h3-5,8,10H,2,6-7,9,17H2,1H3. The minimum atomic E-state index is -0.268. The normalized spacial score (nSPS) is 19.5. The van der Waals surface area contributed by atoms with Gasteiger partial charge in [-0.05, 0) is 24.6 Å². The number of fused-ring (bicyclic) bond motifs is 1. The lowest BCUT2D eigenvalue weighted by molar-refractivity contribution is 0.616. The molecule has 2 heterocycles. The van der Waals surface area contributed by atoms with E-state index in [1.165, 1.54) is 6.07 Å². The van der Waals surface area contributed by atoms with Gasteiger partial charge < -0.3 is 10.6 Å². The van der Waals surface area contributed by atoms with Crippen molar-refractivity contribution in [2.24, 2.45) is 0 Å². The van der Waals surface area contributed by atoms with Crippen molar-refractivity contribution in [2.45, 2.75) is 18.6 Å². The van der Waals surface area contributed by atoms with Crippen molar-refractivity contribution >= 4 is 34.0 Å². The second-order valence-corrected chi connectivity index (χ2v) is 6.45. The number of hydrogen-bond acceptors (Lipinski definition) is 4. The van der Waals surface area contributed by atoms with E-state index in [0.717, 1.165) is 30.6 Å². The topological polar surface area (TPSA) is 42.1 Å². The minimum absolute atomic E-state index is 0.268. The van der Waals surface area contributed by atoms with Crippen LogP contribution in [0.25, 0.3) is 10.9 Å². The van der Waals surface area contributed by atoms with E-state index in [2.05, 4.69) is 16.8 Å². The fraction of sp³-hybridized carbons (Fsp3) is 0.400. The van der Waals surface area contributed by atoms with Gasteiger partial charge in [-0.25, -0.2) is 4.39 Å². The third kappa shape index (κ3) is 2.30. The quantitative estimate of drug-likeness (QED) is 0.862. The summed E-state index contributed by atoms with van der Waals surface area (Å²) in [7, 11) is 0. The van der Waals surface area contributed by atoms with E-state index >= 15 is 0 Å². The Morgan fingerprint density at radius 3 is 3.20 bits per heavy atom. The Morgan fingerprint density at radius 1 is 1.55 bits per heavy atom. The highest BCUT2D eigenvalue weighted by molar-refractivity contribution is 8.00. The number of aromatic nitrogens is 1. The summed E-state index contributed by atoms with van der Waals surface area (Å²) in [4.78, 5) is 6.48. The van der Waals surface area contributed by atoms with E-state index < -0.39 is 0 Å². The number of nitrogens with two attached hydrogens (primary N) is 1. The van der Waals surface area contributed by atoms with Crippen LogP contribution in [0.4, 0.5) is 15.8 Å². The Hall–Kier alpha value is -1.49. The molecule has 3 nitrogen and oxygen atoms in total. The lowest BCUT2D eigenvalue weighted by Gasteiger charge is -2.34. The van der Waals surface area contributed by atoms with Gasteiger partial charge in [-0.1, -0.05) is 6.92 Å². The van der Waals surface area contributed by atoms with E-state index in [0.29, 0.717) is 22.1 Å². The van der Waals surface area contributed by atoms with Crippen LogP contribution in [-0.2, 0) is 0 Å².